The SMILES string of the molecule is CC(C)(C)C(O)C(O)c1ccc2cccnc2c1. The van der Waals surface area contributed by atoms with E-state index >= 15 is 0 Å². The molecule has 0 aliphatic rings. The van der Waals surface area contributed by atoms with Gasteiger partial charge in [0.15, 0.2) is 0 Å². The number of rotatable bonds is 2. The first-order chi connectivity index (χ1) is 8.39. The van der Waals surface area contributed by atoms with Crippen LogP contribution in [-0.2, 0) is 0 Å². The second-order valence-electron chi connectivity index (χ2n) is 5.71. The Morgan fingerprint density at radius 1 is 1.11 bits per heavy atom. The van der Waals surface area contributed by atoms with E-state index in [1.165, 1.54) is 0 Å². The zero-order chi connectivity index (χ0) is 13.3. The number of fused-ring (bicyclic) bond motifs is 1. The van der Waals surface area contributed by atoms with Crippen LogP contribution in [0.15, 0.2) is 36.5 Å². The van der Waals surface area contributed by atoms with E-state index < -0.39 is 12.2 Å². The average molecular weight is 245 g/mol. The van der Waals surface area contributed by atoms with Crippen LogP contribution in [0.5, 0.6) is 0 Å². The van der Waals surface area contributed by atoms with E-state index in [9.17, 15) is 10.2 Å². The second kappa shape index (κ2) is 4.67. The maximum Gasteiger partial charge on any atom is 0.105 e. The molecular formula is C15H19NO2. The van der Waals surface area contributed by atoms with Crippen LogP contribution < -0.4 is 0 Å². The number of pyridine rings is 1. The second-order valence-corrected chi connectivity index (χ2v) is 5.71. The first kappa shape index (κ1) is 13.0. The van der Waals surface area contributed by atoms with E-state index in [1.54, 1.807) is 6.20 Å². The van der Waals surface area contributed by atoms with Crippen LogP contribution in [0.3, 0.4) is 0 Å². The van der Waals surface area contributed by atoms with Crippen LogP contribution in [0, 0.1) is 5.41 Å². The molecule has 1 heterocycles. The third-order valence-electron chi connectivity index (χ3n) is 3.16. The Bertz CT molecular complexity index is 545. The Labute approximate surface area is 107 Å². The topological polar surface area (TPSA) is 53.4 Å². The smallest absolute Gasteiger partial charge is 0.105 e. The van der Waals surface area contributed by atoms with E-state index in [0.717, 1.165) is 10.9 Å². The number of aliphatic hydroxyl groups excluding tert-OH is 2. The molecule has 0 bridgehead atoms. The largest absolute Gasteiger partial charge is 0.390 e. The monoisotopic (exact) mass is 245 g/mol. The van der Waals surface area contributed by atoms with Crippen molar-refractivity contribution in [3.05, 3.63) is 42.1 Å². The highest BCUT2D eigenvalue weighted by Crippen LogP contribution is 2.30. The first-order valence-electron chi connectivity index (χ1n) is 6.10. The molecule has 0 fully saturated rings. The van der Waals surface area contributed by atoms with Gasteiger partial charge in [-0.25, -0.2) is 0 Å². The number of hydrogen-bond donors (Lipinski definition) is 2. The average Bonchev–Trinajstić information content (AvgIpc) is 2.35. The van der Waals surface area contributed by atoms with Gasteiger partial charge in [0.25, 0.3) is 0 Å². The molecule has 0 amide bonds. The van der Waals surface area contributed by atoms with Gasteiger partial charge < -0.3 is 10.2 Å². The number of nitrogens with zero attached hydrogens (tertiary/aromatic N) is 1. The minimum absolute atomic E-state index is 0.363. The van der Waals surface area contributed by atoms with Crippen molar-refractivity contribution in [2.45, 2.75) is 33.0 Å². The summed E-state index contributed by atoms with van der Waals surface area (Å²) in [7, 11) is 0. The van der Waals surface area contributed by atoms with Crippen molar-refractivity contribution in [1.29, 1.82) is 0 Å². The molecule has 0 aliphatic heterocycles. The van der Waals surface area contributed by atoms with Crippen molar-refractivity contribution in [2.24, 2.45) is 5.41 Å². The molecule has 0 saturated heterocycles. The summed E-state index contributed by atoms with van der Waals surface area (Å²) >= 11 is 0. The first-order valence-corrected chi connectivity index (χ1v) is 6.10. The van der Waals surface area contributed by atoms with Crippen molar-refractivity contribution in [3.63, 3.8) is 0 Å². The fourth-order valence-electron chi connectivity index (χ4n) is 1.92. The third-order valence-corrected chi connectivity index (χ3v) is 3.16. The molecule has 2 rings (SSSR count). The van der Waals surface area contributed by atoms with Gasteiger partial charge in [-0.3, -0.25) is 4.98 Å². The van der Waals surface area contributed by atoms with E-state index in [1.807, 2.05) is 51.1 Å². The normalized spacial score (nSPS) is 15.6. The number of hydrogen-bond acceptors (Lipinski definition) is 3. The Morgan fingerprint density at radius 2 is 1.83 bits per heavy atom. The van der Waals surface area contributed by atoms with Crippen molar-refractivity contribution < 1.29 is 10.2 Å². The molecule has 3 nitrogen and oxygen atoms in total. The van der Waals surface area contributed by atoms with Crippen LogP contribution in [0.2, 0.25) is 0 Å². The van der Waals surface area contributed by atoms with Crippen molar-refractivity contribution in [1.82, 2.24) is 4.98 Å². The molecule has 3 heteroatoms. The lowest BCUT2D eigenvalue weighted by Crippen LogP contribution is -2.32. The van der Waals surface area contributed by atoms with Crippen LogP contribution in [0.1, 0.15) is 32.4 Å². The summed E-state index contributed by atoms with van der Waals surface area (Å²) < 4.78 is 0. The summed E-state index contributed by atoms with van der Waals surface area (Å²) in [4.78, 5) is 4.25. The minimum atomic E-state index is -0.892. The van der Waals surface area contributed by atoms with E-state index in [0.29, 0.717) is 5.56 Å². The lowest BCUT2D eigenvalue weighted by atomic mass is 9.83. The summed E-state index contributed by atoms with van der Waals surface area (Å²) in [5.41, 5.74) is 1.16. The fourth-order valence-corrected chi connectivity index (χ4v) is 1.92. The predicted octanol–water partition coefficient (Wildman–Crippen LogP) is 2.68. The molecule has 0 aliphatic carbocycles. The molecule has 2 unspecified atom stereocenters. The number of benzene rings is 1. The van der Waals surface area contributed by atoms with Crippen molar-refractivity contribution in [2.75, 3.05) is 0 Å². The number of aromatic nitrogens is 1. The maximum atomic E-state index is 10.2. The zero-order valence-electron chi connectivity index (χ0n) is 11.0. The molecule has 0 radical (unpaired) electrons. The van der Waals surface area contributed by atoms with Gasteiger partial charge in [-0.2, -0.15) is 0 Å². The summed E-state index contributed by atoms with van der Waals surface area (Å²) in [6, 6.07) is 9.43. The summed E-state index contributed by atoms with van der Waals surface area (Å²) in [6.07, 6.45) is 0.0219. The Hall–Kier alpha value is -1.45. The highest BCUT2D eigenvalue weighted by atomic mass is 16.3. The molecule has 2 atom stereocenters. The van der Waals surface area contributed by atoms with Gasteiger partial charge in [-0.15, -0.1) is 0 Å². The molecule has 1 aromatic heterocycles. The third kappa shape index (κ3) is 2.52. The fraction of sp³-hybridized carbons (Fsp3) is 0.400. The van der Waals surface area contributed by atoms with Gasteiger partial charge in [0.05, 0.1) is 11.6 Å². The molecule has 2 aromatic rings. The van der Waals surface area contributed by atoms with E-state index in [4.69, 9.17) is 0 Å². The Kier molecular flexibility index (Phi) is 3.37. The van der Waals surface area contributed by atoms with Gasteiger partial charge in [-0.05, 0) is 23.1 Å². The van der Waals surface area contributed by atoms with Crippen LogP contribution in [0.25, 0.3) is 10.9 Å². The summed E-state index contributed by atoms with van der Waals surface area (Å²) in [5, 5.41) is 21.3. The molecule has 96 valence electrons. The predicted molar refractivity (Wildman–Crippen MR) is 72.2 cm³/mol. The van der Waals surface area contributed by atoms with Crippen molar-refractivity contribution in [3.8, 4) is 0 Å². The van der Waals surface area contributed by atoms with Gasteiger partial charge >= 0.3 is 0 Å². The van der Waals surface area contributed by atoms with E-state index in [2.05, 4.69) is 4.98 Å². The highest BCUT2D eigenvalue weighted by molar-refractivity contribution is 5.78. The molecule has 0 saturated carbocycles. The Morgan fingerprint density at radius 3 is 2.50 bits per heavy atom. The minimum Gasteiger partial charge on any atom is -0.390 e. The number of aliphatic hydroxyl groups is 2. The maximum absolute atomic E-state index is 10.2. The summed E-state index contributed by atoms with van der Waals surface area (Å²) in [6.45, 7) is 5.71. The molecule has 0 spiro atoms. The quantitative estimate of drug-likeness (QED) is 0.855. The standard InChI is InChI=1S/C15H19NO2/c1-15(2,3)14(18)13(17)11-7-6-10-5-4-8-16-12(10)9-11/h4-9,13-14,17-18H,1-3H3. The zero-order valence-corrected chi connectivity index (χ0v) is 11.0. The van der Waals surface area contributed by atoms with Crippen molar-refractivity contribution >= 4 is 10.9 Å². The molecule has 18 heavy (non-hydrogen) atoms. The Balaban J connectivity index is 2.36. The van der Waals surface area contributed by atoms with Gasteiger partial charge in [0.1, 0.15) is 6.10 Å². The molecule has 2 N–H and O–H groups in total. The lowest BCUT2D eigenvalue weighted by Gasteiger charge is -2.30. The van der Waals surface area contributed by atoms with Gasteiger partial charge in [0.2, 0.25) is 0 Å². The molecule has 1 aromatic carbocycles. The summed E-state index contributed by atoms with van der Waals surface area (Å²) in [5.74, 6) is 0. The van der Waals surface area contributed by atoms with Gasteiger partial charge in [0, 0.05) is 11.6 Å². The van der Waals surface area contributed by atoms with Crippen LogP contribution in [0.4, 0.5) is 0 Å². The molecular weight excluding hydrogens is 226 g/mol. The van der Waals surface area contributed by atoms with Gasteiger partial charge in [-0.1, -0.05) is 39.0 Å². The van der Waals surface area contributed by atoms with Crippen LogP contribution in [-0.4, -0.2) is 21.3 Å². The van der Waals surface area contributed by atoms with Crippen LogP contribution >= 0.6 is 0 Å². The highest BCUT2D eigenvalue weighted by Gasteiger charge is 2.30. The lowest BCUT2D eigenvalue weighted by molar-refractivity contribution is -0.0457. The van der Waals surface area contributed by atoms with E-state index in [-0.39, 0.29) is 5.41 Å².